The predicted molar refractivity (Wildman–Crippen MR) is 133 cm³/mol. The highest BCUT2D eigenvalue weighted by Crippen LogP contribution is 2.21. The van der Waals surface area contributed by atoms with E-state index in [1.54, 1.807) is 11.8 Å². The first kappa shape index (κ1) is 23.8. The Morgan fingerprint density at radius 1 is 1.27 bits per heavy atom. The van der Waals surface area contributed by atoms with Gasteiger partial charge in [-0.05, 0) is 50.1 Å². The molecule has 0 radical (unpaired) electrons. The number of benzene rings is 2. The lowest BCUT2D eigenvalue weighted by atomic mass is 9.97. The van der Waals surface area contributed by atoms with E-state index in [1.165, 1.54) is 5.56 Å². The van der Waals surface area contributed by atoms with Crippen molar-refractivity contribution in [3.05, 3.63) is 70.6 Å². The van der Waals surface area contributed by atoms with Crippen LogP contribution in [0.4, 0.5) is 0 Å². The van der Waals surface area contributed by atoms with Gasteiger partial charge in [-0.2, -0.15) is 16.7 Å². The molecule has 1 aliphatic rings. The van der Waals surface area contributed by atoms with E-state index in [0.717, 1.165) is 47.0 Å². The van der Waals surface area contributed by atoms with Crippen molar-refractivity contribution in [1.29, 1.82) is 0 Å². The Hall–Kier alpha value is -2.35. The third-order valence-electron chi connectivity index (χ3n) is 5.68. The molecule has 1 N–H and O–H groups in total. The van der Waals surface area contributed by atoms with Gasteiger partial charge in [0.05, 0.1) is 12.5 Å². The number of nitrogens with zero attached hydrogens (tertiary/aromatic N) is 3. The van der Waals surface area contributed by atoms with E-state index < -0.39 is 0 Å². The number of carbonyl (C=O) groups excluding carboxylic acids is 1. The first-order valence-corrected chi connectivity index (χ1v) is 12.8. The summed E-state index contributed by atoms with van der Waals surface area (Å²) < 4.78 is 5.48. The second-order valence-electron chi connectivity index (χ2n) is 8.43. The summed E-state index contributed by atoms with van der Waals surface area (Å²) in [5.41, 5.74) is 3.31. The molecule has 0 spiro atoms. The minimum atomic E-state index is -0.00385. The fourth-order valence-electron chi connectivity index (χ4n) is 4.03. The first-order valence-electron chi connectivity index (χ1n) is 11.3. The van der Waals surface area contributed by atoms with Crippen molar-refractivity contribution in [2.45, 2.75) is 32.1 Å². The molecule has 1 fully saturated rings. The normalized spacial score (nSPS) is 16.6. The van der Waals surface area contributed by atoms with E-state index in [9.17, 15) is 4.79 Å². The summed E-state index contributed by atoms with van der Waals surface area (Å²) in [4.78, 5) is 19.5. The zero-order valence-electron chi connectivity index (χ0n) is 18.8. The second kappa shape index (κ2) is 11.7. The maximum atomic E-state index is 12.7. The number of likely N-dealkylation sites (tertiary alicyclic amines) is 1. The molecular formula is C25H29ClN4O2S. The van der Waals surface area contributed by atoms with Crippen LogP contribution in [0.5, 0.6) is 0 Å². The lowest BCUT2D eigenvalue weighted by Gasteiger charge is -2.30. The Morgan fingerprint density at radius 3 is 3.00 bits per heavy atom. The van der Waals surface area contributed by atoms with Crippen LogP contribution >= 0.6 is 23.4 Å². The van der Waals surface area contributed by atoms with Crippen molar-refractivity contribution in [3.63, 3.8) is 0 Å². The molecule has 174 valence electrons. The van der Waals surface area contributed by atoms with Gasteiger partial charge < -0.3 is 9.84 Å². The van der Waals surface area contributed by atoms with Gasteiger partial charge in [0.1, 0.15) is 0 Å². The minimum Gasteiger partial charge on any atom is -0.355 e. The first-order chi connectivity index (χ1) is 16.1. The zero-order valence-corrected chi connectivity index (χ0v) is 20.4. The molecule has 6 nitrogen and oxygen atoms in total. The highest BCUT2D eigenvalue weighted by molar-refractivity contribution is 7.98. The van der Waals surface area contributed by atoms with E-state index in [0.29, 0.717) is 31.3 Å². The van der Waals surface area contributed by atoms with Crippen molar-refractivity contribution < 1.29 is 9.32 Å². The molecule has 0 bridgehead atoms. The molecule has 2 aromatic carbocycles. The number of aromatic nitrogens is 2. The summed E-state index contributed by atoms with van der Waals surface area (Å²) in [5, 5.41) is 7.99. The largest absolute Gasteiger partial charge is 0.355 e. The molecule has 3 aromatic rings. The van der Waals surface area contributed by atoms with E-state index in [2.05, 4.69) is 26.4 Å². The maximum absolute atomic E-state index is 12.7. The Balaban J connectivity index is 1.20. The number of rotatable bonds is 9. The van der Waals surface area contributed by atoms with Gasteiger partial charge in [-0.25, -0.2) is 0 Å². The molecule has 0 aliphatic carbocycles. The molecular weight excluding hydrogens is 456 g/mol. The topological polar surface area (TPSA) is 71.3 Å². The lowest BCUT2D eigenvalue weighted by Crippen LogP contribution is -2.43. The monoisotopic (exact) mass is 484 g/mol. The minimum absolute atomic E-state index is 0.00385. The number of thioether (sulfide) groups is 1. The van der Waals surface area contributed by atoms with Gasteiger partial charge in [0.2, 0.25) is 17.6 Å². The Kier molecular flexibility index (Phi) is 8.42. The molecule has 1 amide bonds. The van der Waals surface area contributed by atoms with Gasteiger partial charge >= 0.3 is 0 Å². The summed E-state index contributed by atoms with van der Waals surface area (Å²) in [7, 11) is 0. The highest BCUT2D eigenvalue weighted by Gasteiger charge is 2.26. The predicted octanol–water partition coefficient (Wildman–Crippen LogP) is 4.96. The number of halogens is 1. The van der Waals surface area contributed by atoms with Crippen LogP contribution < -0.4 is 5.32 Å². The third kappa shape index (κ3) is 7.06. The Labute approximate surface area is 204 Å². The van der Waals surface area contributed by atoms with Gasteiger partial charge in [-0.1, -0.05) is 52.7 Å². The van der Waals surface area contributed by atoms with Crippen LogP contribution in [-0.2, 0) is 17.1 Å². The maximum Gasteiger partial charge on any atom is 0.241 e. The molecule has 1 saturated heterocycles. The third-order valence-corrected chi connectivity index (χ3v) is 6.95. The number of amides is 1. The smallest absolute Gasteiger partial charge is 0.241 e. The van der Waals surface area contributed by atoms with Crippen molar-refractivity contribution >= 4 is 29.3 Å². The lowest BCUT2D eigenvalue weighted by molar-refractivity contribution is -0.126. The number of aryl methyl sites for hydroxylation is 1. The van der Waals surface area contributed by atoms with E-state index >= 15 is 0 Å². The van der Waals surface area contributed by atoms with Crippen LogP contribution in [0.25, 0.3) is 11.4 Å². The number of hydrogen-bond donors (Lipinski definition) is 1. The van der Waals surface area contributed by atoms with Crippen LogP contribution in [0.3, 0.4) is 0 Å². The standard InChI is InChI=1S/C25H29ClN4O2S/c1-18-5-2-7-20(13-18)24-28-23(32-29-24)16-30-11-4-8-21(15-30)25(31)27-10-12-33-17-19-6-3-9-22(26)14-19/h2-3,5-7,9,13-14,21H,4,8,10-12,15-17H2,1H3,(H,27,31). The fraction of sp³-hybridized carbons (Fsp3) is 0.400. The summed E-state index contributed by atoms with van der Waals surface area (Å²) in [5.74, 6) is 3.09. The molecule has 1 aromatic heterocycles. The average molecular weight is 485 g/mol. The molecule has 1 unspecified atom stereocenters. The molecule has 8 heteroatoms. The van der Waals surface area contributed by atoms with Gasteiger partial charge in [-0.3, -0.25) is 9.69 Å². The van der Waals surface area contributed by atoms with Crippen molar-refractivity contribution in [3.8, 4) is 11.4 Å². The molecule has 33 heavy (non-hydrogen) atoms. The summed E-state index contributed by atoms with van der Waals surface area (Å²) in [6, 6.07) is 16.0. The van der Waals surface area contributed by atoms with Crippen LogP contribution in [-0.4, -0.2) is 46.3 Å². The summed E-state index contributed by atoms with van der Waals surface area (Å²) in [6.07, 6.45) is 1.90. The van der Waals surface area contributed by atoms with E-state index in [-0.39, 0.29) is 11.8 Å². The molecule has 1 atom stereocenters. The van der Waals surface area contributed by atoms with Crippen molar-refractivity contribution in [2.24, 2.45) is 5.92 Å². The van der Waals surface area contributed by atoms with E-state index in [4.69, 9.17) is 16.1 Å². The van der Waals surface area contributed by atoms with Crippen molar-refractivity contribution in [2.75, 3.05) is 25.4 Å². The number of piperidine rings is 1. The van der Waals surface area contributed by atoms with Gasteiger partial charge in [-0.15, -0.1) is 0 Å². The number of nitrogens with one attached hydrogen (secondary N) is 1. The SMILES string of the molecule is Cc1cccc(-c2noc(CN3CCCC(C(=O)NCCSCc4cccc(Cl)c4)C3)n2)c1. The van der Waals surface area contributed by atoms with Gasteiger partial charge in [0.25, 0.3) is 0 Å². The highest BCUT2D eigenvalue weighted by atomic mass is 35.5. The fourth-order valence-corrected chi connectivity index (χ4v) is 5.05. The van der Waals surface area contributed by atoms with Crippen LogP contribution in [0.2, 0.25) is 5.02 Å². The molecule has 4 rings (SSSR count). The van der Waals surface area contributed by atoms with Gasteiger partial charge in [0.15, 0.2) is 0 Å². The van der Waals surface area contributed by atoms with E-state index in [1.807, 2.05) is 49.4 Å². The zero-order chi connectivity index (χ0) is 23.0. The van der Waals surface area contributed by atoms with Crippen LogP contribution in [0, 0.1) is 12.8 Å². The second-order valence-corrected chi connectivity index (χ2v) is 9.97. The quantitative estimate of drug-likeness (QED) is 0.433. The number of carbonyl (C=O) groups is 1. The Bertz CT molecular complexity index is 1070. The Morgan fingerprint density at radius 2 is 2.15 bits per heavy atom. The molecule has 2 heterocycles. The number of hydrogen-bond acceptors (Lipinski definition) is 6. The van der Waals surface area contributed by atoms with Crippen LogP contribution in [0.1, 0.15) is 29.9 Å². The van der Waals surface area contributed by atoms with Crippen LogP contribution in [0.15, 0.2) is 53.1 Å². The van der Waals surface area contributed by atoms with Gasteiger partial charge in [0, 0.05) is 35.2 Å². The molecule has 0 saturated carbocycles. The summed E-state index contributed by atoms with van der Waals surface area (Å²) in [6.45, 7) is 4.93. The molecule has 1 aliphatic heterocycles. The summed E-state index contributed by atoms with van der Waals surface area (Å²) >= 11 is 7.82. The van der Waals surface area contributed by atoms with Crippen molar-refractivity contribution in [1.82, 2.24) is 20.4 Å². The average Bonchev–Trinajstić information content (AvgIpc) is 3.27.